The minimum atomic E-state index is 0.0758. The van der Waals surface area contributed by atoms with Gasteiger partial charge in [-0.2, -0.15) is 0 Å². The Labute approximate surface area is 123 Å². The van der Waals surface area contributed by atoms with Gasteiger partial charge in [0.2, 0.25) is 0 Å². The zero-order valence-corrected chi connectivity index (χ0v) is 12.6. The number of nitrogens with one attached hydrogen (secondary N) is 1. The highest BCUT2D eigenvalue weighted by molar-refractivity contribution is 7.13. The molecule has 0 spiro atoms. The van der Waals surface area contributed by atoms with Crippen molar-refractivity contribution in [1.82, 2.24) is 9.88 Å². The summed E-state index contributed by atoms with van der Waals surface area (Å²) in [4.78, 5) is 18.7. The molecular formula is C14H21N3O2S. The second-order valence-corrected chi connectivity index (χ2v) is 6.35. The van der Waals surface area contributed by atoms with Gasteiger partial charge in [-0.3, -0.25) is 4.79 Å². The smallest absolute Gasteiger partial charge is 0.273 e. The topological polar surface area (TPSA) is 54.5 Å². The number of carbonyl (C=O) groups excluding carboxylic acids is 1. The fourth-order valence-corrected chi connectivity index (χ4v) is 3.80. The molecule has 2 unspecified atom stereocenters. The van der Waals surface area contributed by atoms with Crippen LogP contribution in [0.3, 0.4) is 0 Å². The van der Waals surface area contributed by atoms with Gasteiger partial charge in [-0.1, -0.05) is 0 Å². The monoisotopic (exact) mass is 295 g/mol. The molecule has 1 aromatic rings. The summed E-state index contributed by atoms with van der Waals surface area (Å²) >= 11 is 1.50. The molecule has 110 valence electrons. The van der Waals surface area contributed by atoms with E-state index in [4.69, 9.17) is 4.74 Å². The molecule has 3 heterocycles. The summed E-state index contributed by atoms with van der Waals surface area (Å²) in [6, 6.07) is 0. The Kier molecular flexibility index (Phi) is 4.21. The molecule has 0 radical (unpaired) electrons. The van der Waals surface area contributed by atoms with Crippen LogP contribution in [0.1, 0.15) is 30.3 Å². The summed E-state index contributed by atoms with van der Waals surface area (Å²) in [7, 11) is 0. The zero-order valence-electron chi connectivity index (χ0n) is 11.8. The van der Waals surface area contributed by atoms with Crippen molar-refractivity contribution in [3.63, 3.8) is 0 Å². The number of rotatable bonds is 4. The number of aromatic nitrogens is 1. The maximum atomic E-state index is 12.4. The minimum absolute atomic E-state index is 0.0758. The van der Waals surface area contributed by atoms with Crippen molar-refractivity contribution < 1.29 is 9.53 Å². The first-order valence-electron chi connectivity index (χ1n) is 7.34. The Hall–Kier alpha value is -1.14. The van der Waals surface area contributed by atoms with E-state index in [0.717, 1.165) is 50.8 Å². The van der Waals surface area contributed by atoms with E-state index in [1.165, 1.54) is 11.3 Å². The van der Waals surface area contributed by atoms with Crippen molar-refractivity contribution in [3.05, 3.63) is 11.1 Å². The lowest BCUT2D eigenvalue weighted by molar-refractivity contribution is 0.0775. The summed E-state index contributed by atoms with van der Waals surface area (Å²) in [5, 5.41) is 5.83. The lowest BCUT2D eigenvalue weighted by Crippen LogP contribution is -2.30. The van der Waals surface area contributed by atoms with E-state index in [2.05, 4.69) is 10.3 Å². The third kappa shape index (κ3) is 2.81. The highest BCUT2D eigenvalue weighted by Crippen LogP contribution is 2.30. The van der Waals surface area contributed by atoms with Crippen LogP contribution in [0.2, 0.25) is 0 Å². The predicted octanol–water partition coefficient (Wildman–Crippen LogP) is 2.07. The number of hydrogen-bond acceptors (Lipinski definition) is 5. The average molecular weight is 295 g/mol. The van der Waals surface area contributed by atoms with Crippen LogP contribution in [0, 0.1) is 11.8 Å². The van der Waals surface area contributed by atoms with Gasteiger partial charge in [0, 0.05) is 38.2 Å². The molecule has 0 aliphatic carbocycles. The van der Waals surface area contributed by atoms with E-state index in [0.29, 0.717) is 17.5 Å². The maximum absolute atomic E-state index is 12.4. The molecule has 0 saturated carbocycles. The van der Waals surface area contributed by atoms with Crippen molar-refractivity contribution in [2.75, 3.05) is 38.2 Å². The van der Waals surface area contributed by atoms with Crippen LogP contribution >= 0.6 is 11.3 Å². The van der Waals surface area contributed by atoms with Crippen LogP contribution in [-0.2, 0) is 4.74 Å². The summed E-state index contributed by atoms with van der Waals surface area (Å²) in [5.41, 5.74) is 0.578. The standard InChI is InChI=1S/C14H21N3O2S/c1-2-15-14-16-12(9-20-14)13(18)17-5-3-10(7-17)11-4-6-19-8-11/h9-11H,2-8H2,1H3,(H,15,16). The van der Waals surface area contributed by atoms with Gasteiger partial charge in [-0.05, 0) is 31.6 Å². The van der Waals surface area contributed by atoms with Crippen LogP contribution in [0.25, 0.3) is 0 Å². The molecule has 2 aliphatic heterocycles. The maximum Gasteiger partial charge on any atom is 0.273 e. The van der Waals surface area contributed by atoms with Crippen molar-refractivity contribution in [1.29, 1.82) is 0 Å². The molecule has 5 nitrogen and oxygen atoms in total. The predicted molar refractivity (Wildman–Crippen MR) is 79.2 cm³/mol. The fraction of sp³-hybridized carbons (Fsp3) is 0.714. The number of amides is 1. The van der Waals surface area contributed by atoms with E-state index in [9.17, 15) is 4.79 Å². The van der Waals surface area contributed by atoms with Gasteiger partial charge in [0.25, 0.3) is 5.91 Å². The first-order chi connectivity index (χ1) is 9.78. The molecule has 2 aliphatic rings. The van der Waals surface area contributed by atoms with E-state index in [-0.39, 0.29) is 5.91 Å². The number of likely N-dealkylation sites (tertiary alicyclic amines) is 1. The van der Waals surface area contributed by atoms with Crippen molar-refractivity contribution in [2.45, 2.75) is 19.8 Å². The zero-order chi connectivity index (χ0) is 13.9. The molecule has 2 atom stereocenters. The average Bonchev–Trinajstić information content (AvgIpc) is 3.19. The van der Waals surface area contributed by atoms with Crippen LogP contribution in [0.15, 0.2) is 5.38 Å². The lowest BCUT2D eigenvalue weighted by Gasteiger charge is -2.18. The fourth-order valence-electron chi connectivity index (χ4n) is 3.05. The molecule has 20 heavy (non-hydrogen) atoms. The van der Waals surface area contributed by atoms with Crippen molar-refractivity contribution in [3.8, 4) is 0 Å². The number of carbonyl (C=O) groups is 1. The minimum Gasteiger partial charge on any atom is -0.381 e. The third-order valence-electron chi connectivity index (χ3n) is 4.19. The molecule has 6 heteroatoms. The molecule has 0 bridgehead atoms. The Morgan fingerprint density at radius 3 is 3.20 bits per heavy atom. The van der Waals surface area contributed by atoms with E-state index in [1.807, 2.05) is 17.2 Å². The molecule has 1 amide bonds. The first-order valence-corrected chi connectivity index (χ1v) is 8.22. The summed E-state index contributed by atoms with van der Waals surface area (Å²) in [6.07, 6.45) is 2.25. The molecule has 3 rings (SSSR count). The van der Waals surface area contributed by atoms with Gasteiger partial charge in [-0.15, -0.1) is 11.3 Å². The second kappa shape index (κ2) is 6.10. The van der Waals surface area contributed by atoms with Crippen LogP contribution in [0.4, 0.5) is 5.13 Å². The Balaban J connectivity index is 1.59. The third-order valence-corrected chi connectivity index (χ3v) is 4.99. The van der Waals surface area contributed by atoms with Gasteiger partial charge >= 0.3 is 0 Å². The molecular weight excluding hydrogens is 274 g/mol. The van der Waals surface area contributed by atoms with E-state index < -0.39 is 0 Å². The Bertz CT molecular complexity index is 471. The van der Waals surface area contributed by atoms with Gasteiger partial charge in [-0.25, -0.2) is 4.98 Å². The molecule has 2 fully saturated rings. The number of anilines is 1. The molecule has 0 aromatic carbocycles. The summed E-state index contributed by atoms with van der Waals surface area (Å²) in [5.74, 6) is 1.32. The molecule has 2 saturated heterocycles. The molecule has 1 aromatic heterocycles. The SMILES string of the molecule is CCNc1nc(C(=O)N2CCC(C3CCOC3)C2)cs1. The lowest BCUT2D eigenvalue weighted by atomic mass is 9.91. The van der Waals surface area contributed by atoms with Gasteiger partial charge in [0.1, 0.15) is 5.69 Å². The van der Waals surface area contributed by atoms with Crippen molar-refractivity contribution >= 4 is 22.4 Å². The van der Waals surface area contributed by atoms with Crippen molar-refractivity contribution in [2.24, 2.45) is 11.8 Å². The van der Waals surface area contributed by atoms with Gasteiger partial charge < -0.3 is 15.0 Å². The quantitative estimate of drug-likeness (QED) is 0.924. The van der Waals surface area contributed by atoms with Gasteiger partial charge in [0.15, 0.2) is 5.13 Å². The number of ether oxygens (including phenoxy) is 1. The largest absolute Gasteiger partial charge is 0.381 e. The Morgan fingerprint density at radius 2 is 2.45 bits per heavy atom. The van der Waals surface area contributed by atoms with Crippen LogP contribution in [-0.4, -0.2) is 48.6 Å². The highest BCUT2D eigenvalue weighted by atomic mass is 32.1. The number of thiazole rings is 1. The van der Waals surface area contributed by atoms with E-state index in [1.54, 1.807) is 0 Å². The normalized spacial score (nSPS) is 26.1. The number of hydrogen-bond donors (Lipinski definition) is 1. The second-order valence-electron chi connectivity index (χ2n) is 5.49. The summed E-state index contributed by atoms with van der Waals surface area (Å²) in [6.45, 7) is 6.32. The van der Waals surface area contributed by atoms with Gasteiger partial charge in [0.05, 0.1) is 0 Å². The number of nitrogens with zero attached hydrogens (tertiary/aromatic N) is 2. The van der Waals surface area contributed by atoms with E-state index >= 15 is 0 Å². The Morgan fingerprint density at radius 1 is 1.55 bits per heavy atom. The summed E-state index contributed by atoms with van der Waals surface area (Å²) < 4.78 is 5.46. The first kappa shape index (κ1) is 13.8. The molecule has 1 N–H and O–H groups in total. The highest BCUT2D eigenvalue weighted by Gasteiger charge is 2.34. The van der Waals surface area contributed by atoms with Crippen LogP contribution in [0.5, 0.6) is 0 Å². The van der Waals surface area contributed by atoms with Crippen LogP contribution < -0.4 is 5.32 Å².